The van der Waals surface area contributed by atoms with E-state index < -0.39 is 10.0 Å². The maximum absolute atomic E-state index is 12.0. The molecular weight excluding hydrogens is 375 g/mol. The molecule has 0 atom stereocenters. The predicted molar refractivity (Wildman–Crippen MR) is 84.5 cm³/mol. The van der Waals surface area contributed by atoms with Crippen molar-refractivity contribution in [3.8, 4) is 0 Å². The lowest BCUT2D eigenvalue weighted by Gasteiger charge is -2.14. The van der Waals surface area contributed by atoms with E-state index in [1.807, 2.05) is 0 Å². The van der Waals surface area contributed by atoms with Crippen LogP contribution in [0.25, 0.3) is 0 Å². The Kier molecular flexibility index (Phi) is 5.37. The van der Waals surface area contributed by atoms with Gasteiger partial charge in [0.1, 0.15) is 0 Å². The minimum atomic E-state index is -3.37. The number of halogens is 1. The Hall–Kier alpha value is -0.440. The predicted octanol–water partition coefficient (Wildman–Crippen LogP) is 1.88. The maximum Gasteiger partial charge on any atom is 0.240 e. The molecule has 0 spiro atoms. The monoisotopic (exact) mass is 392 g/mol. The van der Waals surface area contributed by atoms with Gasteiger partial charge in [-0.15, -0.1) is 0 Å². The number of benzene rings is 1. The molecule has 0 amide bonds. The van der Waals surface area contributed by atoms with E-state index in [2.05, 4.69) is 38.7 Å². The highest BCUT2D eigenvalue weighted by Gasteiger charge is 2.13. The van der Waals surface area contributed by atoms with Gasteiger partial charge in [0.2, 0.25) is 10.0 Å². The molecule has 0 aliphatic carbocycles. The Morgan fingerprint density at radius 2 is 2.00 bits per heavy atom. The second kappa shape index (κ2) is 6.83. The molecule has 1 aromatic carbocycles. The Bertz CT molecular complexity index is 553. The molecule has 1 heterocycles. The summed E-state index contributed by atoms with van der Waals surface area (Å²) >= 11 is 2.15. The molecule has 0 unspecified atom stereocenters. The average Bonchev–Trinajstić information content (AvgIpc) is 2.40. The number of rotatable bonds is 5. The molecule has 1 aliphatic rings. The third-order valence-electron chi connectivity index (χ3n) is 3.02. The third kappa shape index (κ3) is 4.55. The molecule has 19 heavy (non-hydrogen) atoms. The zero-order chi connectivity index (χ0) is 13.7. The molecule has 0 fully saturated rings. The van der Waals surface area contributed by atoms with Crippen LogP contribution < -0.4 is 10.0 Å². The van der Waals surface area contributed by atoms with Crippen molar-refractivity contribution < 1.29 is 8.42 Å². The van der Waals surface area contributed by atoms with Gasteiger partial charge in [-0.05, 0) is 66.2 Å². The second-order valence-corrected chi connectivity index (χ2v) is 7.43. The first-order valence-electron chi connectivity index (χ1n) is 6.22. The van der Waals surface area contributed by atoms with Gasteiger partial charge in [0.05, 0.1) is 4.90 Å². The van der Waals surface area contributed by atoms with Gasteiger partial charge >= 0.3 is 0 Å². The SMILES string of the molecule is O=S(=O)(NCCC1=CCNCC1)c1ccc(I)cc1. The first-order chi connectivity index (χ1) is 9.08. The van der Waals surface area contributed by atoms with Crippen molar-refractivity contribution in [1.82, 2.24) is 10.0 Å². The van der Waals surface area contributed by atoms with Crippen LogP contribution in [-0.2, 0) is 10.0 Å². The van der Waals surface area contributed by atoms with E-state index in [-0.39, 0.29) is 0 Å². The van der Waals surface area contributed by atoms with E-state index >= 15 is 0 Å². The van der Waals surface area contributed by atoms with E-state index in [1.54, 1.807) is 24.3 Å². The lowest BCUT2D eigenvalue weighted by Crippen LogP contribution is -2.26. The Morgan fingerprint density at radius 3 is 2.63 bits per heavy atom. The van der Waals surface area contributed by atoms with Crippen molar-refractivity contribution in [3.05, 3.63) is 39.5 Å². The van der Waals surface area contributed by atoms with Gasteiger partial charge in [0.25, 0.3) is 0 Å². The molecular formula is C13H17IN2O2S. The van der Waals surface area contributed by atoms with Crippen LogP contribution in [0, 0.1) is 3.57 Å². The number of nitrogens with one attached hydrogen (secondary N) is 2. The molecule has 0 bridgehead atoms. The Morgan fingerprint density at radius 1 is 1.26 bits per heavy atom. The van der Waals surface area contributed by atoms with Crippen LogP contribution in [0.1, 0.15) is 12.8 Å². The van der Waals surface area contributed by atoms with Crippen LogP contribution in [-0.4, -0.2) is 28.1 Å². The van der Waals surface area contributed by atoms with Crippen molar-refractivity contribution >= 4 is 32.6 Å². The third-order valence-corrected chi connectivity index (χ3v) is 5.22. The maximum atomic E-state index is 12.0. The highest BCUT2D eigenvalue weighted by atomic mass is 127. The zero-order valence-corrected chi connectivity index (χ0v) is 13.5. The topological polar surface area (TPSA) is 58.2 Å². The standard InChI is InChI=1S/C13H17IN2O2S/c14-12-1-3-13(4-2-12)19(17,18)16-10-7-11-5-8-15-9-6-11/h1-5,15-16H,6-10H2. The fraction of sp³-hybridized carbons (Fsp3) is 0.385. The first-order valence-corrected chi connectivity index (χ1v) is 8.78. The largest absolute Gasteiger partial charge is 0.313 e. The number of sulfonamides is 1. The van der Waals surface area contributed by atoms with Gasteiger partial charge in [0, 0.05) is 16.7 Å². The summed E-state index contributed by atoms with van der Waals surface area (Å²) in [5.74, 6) is 0. The van der Waals surface area contributed by atoms with Gasteiger partial charge < -0.3 is 5.32 Å². The van der Waals surface area contributed by atoms with Crippen LogP contribution in [0.3, 0.4) is 0 Å². The summed E-state index contributed by atoms with van der Waals surface area (Å²) in [5.41, 5.74) is 1.32. The van der Waals surface area contributed by atoms with Gasteiger partial charge in [-0.3, -0.25) is 0 Å². The van der Waals surface area contributed by atoms with Crippen molar-refractivity contribution in [2.24, 2.45) is 0 Å². The molecule has 104 valence electrons. The van der Waals surface area contributed by atoms with Gasteiger partial charge in [-0.2, -0.15) is 0 Å². The zero-order valence-electron chi connectivity index (χ0n) is 10.5. The first kappa shape index (κ1) is 15.0. The summed E-state index contributed by atoms with van der Waals surface area (Å²) in [6, 6.07) is 6.86. The summed E-state index contributed by atoms with van der Waals surface area (Å²) in [5, 5.41) is 3.24. The van der Waals surface area contributed by atoms with E-state index in [9.17, 15) is 8.42 Å². The second-order valence-electron chi connectivity index (χ2n) is 4.42. The molecule has 0 aromatic heterocycles. The van der Waals surface area contributed by atoms with Crippen molar-refractivity contribution in [3.63, 3.8) is 0 Å². The van der Waals surface area contributed by atoms with Crippen LogP contribution >= 0.6 is 22.6 Å². The molecule has 1 aromatic rings. The molecule has 1 aliphatic heterocycles. The molecule has 0 radical (unpaired) electrons. The highest BCUT2D eigenvalue weighted by Crippen LogP contribution is 2.13. The normalized spacial score (nSPS) is 16.2. The smallest absolute Gasteiger partial charge is 0.240 e. The summed E-state index contributed by atoms with van der Waals surface area (Å²) in [6.07, 6.45) is 3.93. The van der Waals surface area contributed by atoms with E-state index in [1.165, 1.54) is 5.57 Å². The molecule has 6 heteroatoms. The fourth-order valence-electron chi connectivity index (χ4n) is 1.94. The number of hydrogen-bond donors (Lipinski definition) is 2. The Labute approximate surface area is 127 Å². The molecule has 4 nitrogen and oxygen atoms in total. The van der Waals surface area contributed by atoms with Crippen LogP contribution in [0.2, 0.25) is 0 Å². The minimum absolute atomic E-state index is 0.326. The van der Waals surface area contributed by atoms with Crippen LogP contribution in [0.4, 0.5) is 0 Å². The van der Waals surface area contributed by atoms with Crippen LogP contribution in [0.15, 0.2) is 40.8 Å². The van der Waals surface area contributed by atoms with Gasteiger partial charge in [-0.25, -0.2) is 13.1 Å². The lowest BCUT2D eigenvalue weighted by molar-refractivity contribution is 0.580. The van der Waals surface area contributed by atoms with Crippen LogP contribution in [0.5, 0.6) is 0 Å². The molecule has 0 saturated heterocycles. The van der Waals surface area contributed by atoms with E-state index in [0.717, 1.165) is 29.5 Å². The van der Waals surface area contributed by atoms with Crippen molar-refractivity contribution in [2.75, 3.05) is 19.6 Å². The van der Waals surface area contributed by atoms with Gasteiger partial charge in [-0.1, -0.05) is 11.6 Å². The number of hydrogen-bond acceptors (Lipinski definition) is 3. The highest BCUT2D eigenvalue weighted by molar-refractivity contribution is 14.1. The quantitative estimate of drug-likeness (QED) is 0.595. The molecule has 2 N–H and O–H groups in total. The lowest BCUT2D eigenvalue weighted by atomic mass is 10.1. The van der Waals surface area contributed by atoms with Gasteiger partial charge in [0.15, 0.2) is 0 Å². The average molecular weight is 392 g/mol. The minimum Gasteiger partial charge on any atom is -0.313 e. The summed E-state index contributed by atoms with van der Waals surface area (Å²) in [6.45, 7) is 2.33. The Balaban J connectivity index is 1.90. The fourth-order valence-corrected chi connectivity index (χ4v) is 3.33. The molecule has 0 saturated carbocycles. The molecule has 2 rings (SSSR count). The van der Waals surface area contributed by atoms with E-state index in [4.69, 9.17) is 0 Å². The summed E-state index contributed by atoms with van der Waals surface area (Å²) < 4.78 is 27.8. The summed E-state index contributed by atoms with van der Waals surface area (Å²) in [7, 11) is -3.37. The van der Waals surface area contributed by atoms with Crippen molar-refractivity contribution in [2.45, 2.75) is 17.7 Å². The summed E-state index contributed by atoms with van der Waals surface area (Å²) in [4.78, 5) is 0.326. The van der Waals surface area contributed by atoms with E-state index in [0.29, 0.717) is 11.4 Å². The van der Waals surface area contributed by atoms with Crippen molar-refractivity contribution in [1.29, 1.82) is 0 Å².